The van der Waals surface area contributed by atoms with Crippen molar-refractivity contribution in [1.82, 2.24) is 10.2 Å². The van der Waals surface area contributed by atoms with Crippen molar-refractivity contribution < 1.29 is 4.74 Å². The number of rotatable bonds is 6. The molecule has 0 unspecified atom stereocenters. The summed E-state index contributed by atoms with van der Waals surface area (Å²) >= 11 is 5.83. The molecule has 0 atom stereocenters. The minimum absolute atomic E-state index is 0.0117. The number of anilines is 1. The number of hydrogen-bond acceptors (Lipinski definition) is 5. The standard InChI is InChI=1S/C14H15ClN4O2/c1-2-7-21-12-6-4-3-5-10(12)8-16-18-11-9-17-19-14(20)13(11)15/h3-6,8-9H,2,7H2,1H3,(H2,18,19,20)/b16-8+. The third-order valence-electron chi connectivity index (χ3n) is 2.56. The van der Waals surface area contributed by atoms with Crippen LogP contribution >= 0.6 is 11.6 Å². The molecule has 0 aliphatic carbocycles. The van der Waals surface area contributed by atoms with E-state index in [1.807, 2.05) is 31.2 Å². The minimum Gasteiger partial charge on any atom is -0.493 e. The highest BCUT2D eigenvalue weighted by Gasteiger charge is 2.03. The number of aromatic amines is 1. The Labute approximate surface area is 126 Å². The second kappa shape index (κ2) is 7.44. The molecule has 0 fully saturated rings. The molecule has 6 nitrogen and oxygen atoms in total. The Morgan fingerprint density at radius 3 is 3.10 bits per heavy atom. The zero-order valence-electron chi connectivity index (χ0n) is 11.5. The molecule has 2 N–H and O–H groups in total. The van der Waals surface area contributed by atoms with Crippen LogP contribution in [-0.4, -0.2) is 23.0 Å². The second-order valence-electron chi connectivity index (χ2n) is 4.18. The number of halogens is 1. The molecule has 1 aromatic heterocycles. The Morgan fingerprint density at radius 2 is 2.29 bits per heavy atom. The first-order valence-electron chi connectivity index (χ1n) is 6.46. The molecule has 7 heteroatoms. The molecule has 0 amide bonds. The van der Waals surface area contributed by atoms with Gasteiger partial charge in [-0.05, 0) is 18.6 Å². The Kier molecular flexibility index (Phi) is 5.34. The van der Waals surface area contributed by atoms with Crippen molar-refractivity contribution >= 4 is 23.5 Å². The van der Waals surface area contributed by atoms with E-state index in [1.165, 1.54) is 6.20 Å². The van der Waals surface area contributed by atoms with Crippen LogP contribution in [0.4, 0.5) is 5.69 Å². The molecule has 0 aliphatic heterocycles. The average molecular weight is 307 g/mol. The molecule has 1 aromatic carbocycles. The van der Waals surface area contributed by atoms with Gasteiger partial charge in [-0.25, -0.2) is 5.10 Å². The lowest BCUT2D eigenvalue weighted by Crippen LogP contribution is -2.10. The Morgan fingerprint density at radius 1 is 1.48 bits per heavy atom. The van der Waals surface area contributed by atoms with Crippen LogP contribution in [0, 0.1) is 0 Å². The van der Waals surface area contributed by atoms with Gasteiger partial charge in [0, 0.05) is 5.56 Å². The van der Waals surface area contributed by atoms with E-state index in [0.717, 1.165) is 17.7 Å². The van der Waals surface area contributed by atoms with Crippen LogP contribution in [0.1, 0.15) is 18.9 Å². The number of para-hydroxylation sites is 1. The van der Waals surface area contributed by atoms with Crippen LogP contribution in [0.2, 0.25) is 5.02 Å². The van der Waals surface area contributed by atoms with Gasteiger partial charge in [0.2, 0.25) is 0 Å². The predicted octanol–water partition coefficient (Wildman–Crippen LogP) is 2.66. The molecule has 0 radical (unpaired) electrons. The van der Waals surface area contributed by atoms with Crippen LogP contribution in [-0.2, 0) is 0 Å². The summed E-state index contributed by atoms with van der Waals surface area (Å²) in [6.07, 6.45) is 3.92. The number of ether oxygens (including phenoxy) is 1. The maximum atomic E-state index is 11.3. The van der Waals surface area contributed by atoms with E-state index in [1.54, 1.807) is 6.21 Å². The molecule has 0 bridgehead atoms. The van der Waals surface area contributed by atoms with Gasteiger partial charge in [-0.2, -0.15) is 10.2 Å². The molecule has 0 spiro atoms. The normalized spacial score (nSPS) is 10.8. The third kappa shape index (κ3) is 4.06. The summed E-state index contributed by atoms with van der Waals surface area (Å²) in [5, 5.41) is 9.94. The van der Waals surface area contributed by atoms with E-state index in [4.69, 9.17) is 16.3 Å². The number of benzene rings is 1. The number of aromatic nitrogens is 2. The van der Waals surface area contributed by atoms with Crippen molar-refractivity contribution in [2.24, 2.45) is 5.10 Å². The first-order chi connectivity index (χ1) is 10.2. The van der Waals surface area contributed by atoms with Crippen molar-refractivity contribution in [2.75, 3.05) is 12.0 Å². The monoisotopic (exact) mass is 306 g/mol. The summed E-state index contributed by atoms with van der Waals surface area (Å²) in [5.74, 6) is 0.750. The predicted molar refractivity (Wildman–Crippen MR) is 83.3 cm³/mol. The van der Waals surface area contributed by atoms with Crippen LogP contribution in [0.3, 0.4) is 0 Å². The van der Waals surface area contributed by atoms with Gasteiger partial charge in [0.25, 0.3) is 5.56 Å². The van der Waals surface area contributed by atoms with Crippen molar-refractivity contribution in [3.8, 4) is 5.75 Å². The molecule has 21 heavy (non-hydrogen) atoms. The highest BCUT2D eigenvalue weighted by atomic mass is 35.5. The number of nitrogens with one attached hydrogen (secondary N) is 2. The number of hydrazone groups is 1. The van der Waals surface area contributed by atoms with E-state index >= 15 is 0 Å². The molecule has 0 aliphatic rings. The lowest BCUT2D eigenvalue weighted by atomic mass is 10.2. The van der Waals surface area contributed by atoms with Crippen molar-refractivity contribution in [2.45, 2.75) is 13.3 Å². The molecule has 0 saturated heterocycles. The largest absolute Gasteiger partial charge is 0.493 e. The minimum atomic E-state index is -0.469. The van der Waals surface area contributed by atoms with Gasteiger partial charge in [-0.1, -0.05) is 30.7 Å². The fourth-order valence-corrected chi connectivity index (χ4v) is 1.70. The zero-order valence-corrected chi connectivity index (χ0v) is 12.2. The summed E-state index contributed by atoms with van der Waals surface area (Å²) < 4.78 is 5.62. The highest BCUT2D eigenvalue weighted by Crippen LogP contribution is 2.17. The smallest absolute Gasteiger partial charge is 0.285 e. The van der Waals surface area contributed by atoms with E-state index in [0.29, 0.717) is 12.3 Å². The Hall–Kier alpha value is -2.34. The van der Waals surface area contributed by atoms with Crippen LogP contribution in [0.15, 0.2) is 40.4 Å². The maximum Gasteiger partial charge on any atom is 0.285 e. The molecular formula is C14H15ClN4O2. The van der Waals surface area contributed by atoms with Crippen LogP contribution < -0.4 is 15.7 Å². The summed E-state index contributed by atoms with van der Waals surface area (Å²) in [7, 11) is 0. The van der Waals surface area contributed by atoms with Gasteiger partial charge in [-0.15, -0.1) is 0 Å². The van der Waals surface area contributed by atoms with Gasteiger partial charge in [0.1, 0.15) is 16.5 Å². The summed E-state index contributed by atoms with van der Waals surface area (Å²) in [6.45, 7) is 2.68. The topological polar surface area (TPSA) is 79.4 Å². The van der Waals surface area contributed by atoms with Crippen molar-refractivity contribution in [1.29, 1.82) is 0 Å². The zero-order chi connectivity index (χ0) is 15.1. The molecule has 1 heterocycles. The fraction of sp³-hybridized carbons (Fsp3) is 0.214. The number of H-pyrrole nitrogens is 1. The van der Waals surface area contributed by atoms with E-state index in [2.05, 4.69) is 20.7 Å². The number of nitrogens with zero attached hydrogens (tertiary/aromatic N) is 2. The van der Waals surface area contributed by atoms with E-state index in [9.17, 15) is 4.79 Å². The summed E-state index contributed by atoms with van der Waals surface area (Å²) in [6, 6.07) is 7.54. The van der Waals surface area contributed by atoms with Gasteiger partial charge in [0.05, 0.1) is 19.0 Å². The molecular weight excluding hydrogens is 292 g/mol. The number of hydrogen-bond donors (Lipinski definition) is 2. The molecule has 110 valence electrons. The van der Waals surface area contributed by atoms with Gasteiger partial charge >= 0.3 is 0 Å². The third-order valence-corrected chi connectivity index (χ3v) is 2.94. The van der Waals surface area contributed by atoms with E-state index < -0.39 is 5.56 Å². The maximum absolute atomic E-state index is 11.3. The van der Waals surface area contributed by atoms with Crippen molar-refractivity contribution in [3.05, 3.63) is 51.4 Å². The first kappa shape index (κ1) is 15.1. The fourth-order valence-electron chi connectivity index (χ4n) is 1.56. The Balaban J connectivity index is 2.11. The molecule has 2 rings (SSSR count). The van der Waals surface area contributed by atoms with Crippen LogP contribution in [0.5, 0.6) is 5.75 Å². The van der Waals surface area contributed by atoms with Crippen LogP contribution in [0.25, 0.3) is 0 Å². The Bertz CT molecular complexity index is 685. The molecule has 0 saturated carbocycles. The summed E-state index contributed by atoms with van der Waals surface area (Å²) in [5.41, 5.74) is 3.38. The lowest BCUT2D eigenvalue weighted by Gasteiger charge is -2.07. The van der Waals surface area contributed by atoms with Gasteiger partial charge in [-0.3, -0.25) is 10.2 Å². The van der Waals surface area contributed by atoms with Gasteiger partial charge in [0.15, 0.2) is 0 Å². The lowest BCUT2D eigenvalue weighted by molar-refractivity contribution is 0.317. The van der Waals surface area contributed by atoms with Gasteiger partial charge < -0.3 is 4.74 Å². The SMILES string of the molecule is CCCOc1ccccc1/C=N/Nc1cn[nH]c(=O)c1Cl. The first-order valence-corrected chi connectivity index (χ1v) is 6.84. The van der Waals surface area contributed by atoms with E-state index in [-0.39, 0.29) is 5.02 Å². The second-order valence-corrected chi connectivity index (χ2v) is 4.56. The molecule has 2 aromatic rings. The van der Waals surface area contributed by atoms with Crippen molar-refractivity contribution in [3.63, 3.8) is 0 Å². The summed E-state index contributed by atoms with van der Waals surface area (Å²) in [4.78, 5) is 11.3. The highest BCUT2D eigenvalue weighted by molar-refractivity contribution is 6.32. The average Bonchev–Trinajstić information content (AvgIpc) is 2.50. The quantitative estimate of drug-likeness (QED) is 0.635.